The van der Waals surface area contributed by atoms with Gasteiger partial charge >= 0.3 is 0 Å². The standard InChI is InChI=1S/C65H53N3/c1-2-47-31-41-57(45-63(47)62-29-17-18-30-65(62)66-52-22-9-4-10-23-52)67(53-24-11-5-12-25-53)55-37-32-48(33-38-55)49-34-39-56(40-35-49)68(54-26-13-6-14-27-54)58-42-44-61-60(50-19-7-3-8-20-50)43-36-51-21-15-16-28-59(51)64(61)46-58/h3-35,37-42,44-46,60,66H,2,36,43H2,1H3. The van der Waals surface area contributed by atoms with Crippen molar-refractivity contribution >= 4 is 45.5 Å². The van der Waals surface area contributed by atoms with E-state index in [2.05, 4.69) is 271 Å². The summed E-state index contributed by atoms with van der Waals surface area (Å²) in [6, 6.07) is 92.6. The van der Waals surface area contributed by atoms with Crippen LogP contribution in [0.3, 0.4) is 0 Å². The lowest BCUT2D eigenvalue weighted by Gasteiger charge is -2.28. The van der Waals surface area contributed by atoms with Crippen molar-refractivity contribution in [1.82, 2.24) is 0 Å². The Morgan fingerprint density at radius 2 is 0.868 bits per heavy atom. The van der Waals surface area contributed by atoms with Crippen LogP contribution in [0.2, 0.25) is 0 Å². The third-order valence-corrected chi connectivity index (χ3v) is 13.5. The molecule has 0 saturated heterocycles. The summed E-state index contributed by atoms with van der Waals surface area (Å²) in [5.41, 5.74) is 21.7. The molecular formula is C65H53N3. The normalized spacial score (nSPS) is 12.9. The molecule has 1 unspecified atom stereocenters. The van der Waals surface area contributed by atoms with E-state index >= 15 is 0 Å². The summed E-state index contributed by atoms with van der Waals surface area (Å²) in [7, 11) is 0. The lowest BCUT2D eigenvalue weighted by Crippen LogP contribution is -2.11. The van der Waals surface area contributed by atoms with E-state index < -0.39 is 0 Å². The first kappa shape index (κ1) is 42.2. The van der Waals surface area contributed by atoms with Crippen LogP contribution in [0.4, 0.5) is 45.5 Å². The number of aryl methyl sites for hydroxylation is 2. The van der Waals surface area contributed by atoms with Gasteiger partial charge in [0.05, 0.1) is 0 Å². The van der Waals surface area contributed by atoms with E-state index in [1.165, 1.54) is 50.1 Å². The Balaban J connectivity index is 0.929. The Kier molecular flexibility index (Phi) is 11.9. The van der Waals surface area contributed by atoms with Gasteiger partial charge < -0.3 is 15.1 Å². The number of fused-ring (bicyclic) bond motifs is 3. The molecule has 1 aliphatic rings. The Labute approximate surface area is 401 Å². The van der Waals surface area contributed by atoms with Gasteiger partial charge in [-0.05, 0) is 160 Å². The Bertz CT molecular complexity index is 3280. The number of nitrogens with one attached hydrogen (secondary N) is 1. The minimum Gasteiger partial charge on any atom is -0.355 e. The molecule has 0 fully saturated rings. The highest BCUT2D eigenvalue weighted by atomic mass is 15.1. The molecule has 0 heterocycles. The van der Waals surface area contributed by atoms with Crippen molar-refractivity contribution in [3.05, 3.63) is 277 Å². The zero-order valence-electron chi connectivity index (χ0n) is 38.3. The molecule has 1 N–H and O–H groups in total. The number of hydrogen-bond acceptors (Lipinski definition) is 3. The van der Waals surface area contributed by atoms with Gasteiger partial charge in [0.1, 0.15) is 0 Å². The zero-order valence-corrected chi connectivity index (χ0v) is 38.3. The average molecular weight is 876 g/mol. The van der Waals surface area contributed by atoms with Crippen molar-refractivity contribution in [3.63, 3.8) is 0 Å². The summed E-state index contributed by atoms with van der Waals surface area (Å²) in [5, 5.41) is 3.69. The van der Waals surface area contributed by atoms with Gasteiger partial charge in [-0.1, -0.05) is 171 Å². The smallest absolute Gasteiger partial charge is 0.0468 e. The van der Waals surface area contributed by atoms with E-state index in [0.29, 0.717) is 5.92 Å². The van der Waals surface area contributed by atoms with E-state index in [9.17, 15) is 0 Å². The molecule has 0 bridgehead atoms. The summed E-state index contributed by atoms with van der Waals surface area (Å²) in [5.74, 6) is 0.326. The van der Waals surface area contributed by atoms with Gasteiger partial charge in [-0.3, -0.25) is 0 Å². The molecule has 10 aromatic carbocycles. The van der Waals surface area contributed by atoms with Crippen molar-refractivity contribution in [2.75, 3.05) is 15.1 Å². The van der Waals surface area contributed by atoms with Crippen LogP contribution in [0, 0.1) is 0 Å². The molecule has 0 saturated carbocycles. The summed E-state index contributed by atoms with van der Waals surface area (Å²) in [6.45, 7) is 2.24. The van der Waals surface area contributed by atoms with Crippen molar-refractivity contribution in [2.45, 2.75) is 32.1 Å². The quantitative estimate of drug-likeness (QED) is 0.132. The van der Waals surface area contributed by atoms with Crippen LogP contribution >= 0.6 is 0 Å². The minimum absolute atomic E-state index is 0.326. The van der Waals surface area contributed by atoms with Gasteiger partial charge in [-0.25, -0.2) is 0 Å². The lowest BCUT2D eigenvalue weighted by molar-refractivity contribution is 0.726. The number of anilines is 8. The third-order valence-electron chi connectivity index (χ3n) is 13.5. The van der Waals surface area contributed by atoms with Gasteiger partial charge in [0.25, 0.3) is 0 Å². The summed E-state index contributed by atoms with van der Waals surface area (Å²) in [4.78, 5) is 4.76. The molecule has 0 aliphatic heterocycles. The van der Waals surface area contributed by atoms with E-state index in [4.69, 9.17) is 0 Å². The lowest BCUT2D eigenvalue weighted by atomic mass is 9.85. The summed E-state index contributed by atoms with van der Waals surface area (Å²) < 4.78 is 0. The fourth-order valence-electron chi connectivity index (χ4n) is 10.1. The highest BCUT2D eigenvalue weighted by Gasteiger charge is 2.25. The number of nitrogens with zero attached hydrogens (tertiary/aromatic N) is 2. The number of hydrogen-bond donors (Lipinski definition) is 1. The predicted molar refractivity (Wildman–Crippen MR) is 288 cm³/mol. The molecule has 0 amide bonds. The molecule has 1 atom stereocenters. The maximum atomic E-state index is 3.69. The summed E-state index contributed by atoms with van der Waals surface area (Å²) >= 11 is 0. The molecule has 1 aliphatic carbocycles. The third kappa shape index (κ3) is 8.59. The topological polar surface area (TPSA) is 18.5 Å². The van der Waals surface area contributed by atoms with E-state index in [1.54, 1.807) is 0 Å². The maximum absolute atomic E-state index is 3.69. The largest absolute Gasteiger partial charge is 0.355 e. The average Bonchev–Trinajstić information content (AvgIpc) is 3.57. The molecule has 3 heteroatoms. The molecule has 3 nitrogen and oxygen atoms in total. The highest BCUT2D eigenvalue weighted by Crippen LogP contribution is 2.46. The first-order valence-corrected chi connectivity index (χ1v) is 23.9. The fourth-order valence-corrected chi connectivity index (χ4v) is 10.1. The van der Waals surface area contributed by atoms with Crippen LogP contribution in [-0.4, -0.2) is 0 Å². The van der Waals surface area contributed by atoms with Gasteiger partial charge in [-0.15, -0.1) is 0 Å². The molecule has 328 valence electrons. The van der Waals surface area contributed by atoms with Gasteiger partial charge in [0.15, 0.2) is 0 Å². The Hall–Kier alpha value is -8.40. The SMILES string of the molecule is CCc1ccc(N(c2ccccc2)c2ccc(-c3ccc(N(c4ccccc4)c4ccc5c(c4)-c4ccccc4CCC5c4ccccc4)cc3)cc2)cc1-c1ccccc1Nc1ccccc1. The molecule has 68 heavy (non-hydrogen) atoms. The molecule has 0 radical (unpaired) electrons. The van der Waals surface area contributed by atoms with E-state index in [-0.39, 0.29) is 0 Å². The van der Waals surface area contributed by atoms with Crippen molar-refractivity contribution in [1.29, 1.82) is 0 Å². The van der Waals surface area contributed by atoms with Crippen LogP contribution in [0.15, 0.2) is 255 Å². The van der Waals surface area contributed by atoms with Gasteiger partial charge in [0, 0.05) is 57.0 Å². The van der Waals surface area contributed by atoms with Crippen LogP contribution in [0.1, 0.15) is 41.5 Å². The molecule has 0 spiro atoms. The Morgan fingerprint density at radius 3 is 1.47 bits per heavy atom. The highest BCUT2D eigenvalue weighted by molar-refractivity contribution is 5.88. The predicted octanol–water partition coefficient (Wildman–Crippen LogP) is 18.0. The second kappa shape index (κ2) is 19.2. The van der Waals surface area contributed by atoms with E-state index in [0.717, 1.165) is 70.3 Å². The van der Waals surface area contributed by atoms with Gasteiger partial charge in [0.2, 0.25) is 0 Å². The molecular weight excluding hydrogens is 823 g/mol. The van der Waals surface area contributed by atoms with Crippen LogP contribution in [-0.2, 0) is 12.8 Å². The van der Waals surface area contributed by atoms with Crippen molar-refractivity contribution in [2.24, 2.45) is 0 Å². The first-order valence-electron chi connectivity index (χ1n) is 23.9. The molecule has 11 rings (SSSR count). The monoisotopic (exact) mass is 875 g/mol. The maximum Gasteiger partial charge on any atom is 0.0468 e. The number of para-hydroxylation sites is 4. The number of rotatable bonds is 12. The Morgan fingerprint density at radius 1 is 0.397 bits per heavy atom. The van der Waals surface area contributed by atoms with E-state index in [1.807, 2.05) is 6.07 Å². The van der Waals surface area contributed by atoms with Crippen LogP contribution < -0.4 is 15.1 Å². The number of benzene rings is 10. The van der Waals surface area contributed by atoms with Crippen LogP contribution in [0.25, 0.3) is 33.4 Å². The second-order valence-corrected chi connectivity index (χ2v) is 17.6. The molecule has 0 aromatic heterocycles. The van der Waals surface area contributed by atoms with Crippen molar-refractivity contribution < 1.29 is 0 Å². The molecule has 10 aromatic rings. The first-order chi connectivity index (χ1) is 33.7. The second-order valence-electron chi connectivity index (χ2n) is 17.6. The fraction of sp³-hybridized carbons (Fsp3) is 0.0769. The van der Waals surface area contributed by atoms with Crippen LogP contribution in [0.5, 0.6) is 0 Å². The minimum atomic E-state index is 0.326. The zero-order chi connectivity index (χ0) is 45.7. The van der Waals surface area contributed by atoms with Crippen molar-refractivity contribution in [3.8, 4) is 33.4 Å². The van der Waals surface area contributed by atoms with Gasteiger partial charge in [-0.2, -0.15) is 0 Å². The summed E-state index contributed by atoms with van der Waals surface area (Å²) in [6.07, 6.45) is 3.05.